The molecule has 1 aromatic carbocycles. The van der Waals surface area contributed by atoms with Gasteiger partial charge in [-0.05, 0) is 37.0 Å². The summed E-state index contributed by atoms with van der Waals surface area (Å²) in [7, 11) is 0. The van der Waals surface area contributed by atoms with Crippen LogP contribution >= 0.6 is 0 Å². The van der Waals surface area contributed by atoms with E-state index in [1.807, 2.05) is 25.1 Å². The number of nitrogens with zero attached hydrogens (tertiary/aromatic N) is 1. The average Bonchev–Trinajstić information content (AvgIpc) is 2.37. The normalized spacial score (nSPS) is 16.5. The van der Waals surface area contributed by atoms with Crippen LogP contribution < -0.4 is 16.4 Å². The number of carbonyl (C=O) groups excluding carboxylic acids is 1. The lowest BCUT2D eigenvalue weighted by Gasteiger charge is -2.31. The predicted molar refractivity (Wildman–Crippen MR) is 69.8 cm³/mol. The van der Waals surface area contributed by atoms with Crippen molar-refractivity contribution in [2.24, 2.45) is 5.73 Å². The van der Waals surface area contributed by atoms with Crippen LogP contribution in [0.3, 0.4) is 0 Å². The summed E-state index contributed by atoms with van der Waals surface area (Å²) in [5.74, 6) is -0.000880. The molecule has 0 bridgehead atoms. The molecule has 0 aliphatic carbocycles. The lowest BCUT2D eigenvalue weighted by atomic mass is 9.99. The first-order valence-electron chi connectivity index (χ1n) is 6.09. The first-order valence-corrected chi connectivity index (χ1v) is 6.09. The van der Waals surface area contributed by atoms with Crippen LogP contribution in [0.4, 0.5) is 11.4 Å². The first-order chi connectivity index (χ1) is 8.15. The quantitative estimate of drug-likeness (QED) is 0.756. The van der Waals surface area contributed by atoms with Crippen molar-refractivity contribution in [3.05, 3.63) is 23.8 Å². The van der Waals surface area contributed by atoms with Gasteiger partial charge in [0, 0.05) is 17.9 Å². The zero-order chi connectivity index (χ0) is 12.4. The van der Waals surface area contributed by atoms with Crippen LogP contribution in [0.15, 0.2) is 18.2 Å². The Hall–Kier alpha value is -1.55. The van der Waals surface area contributed by atoms with Crippen molar-refractivity contribution in [2.75, 3.05) is 17.2 Å². The number of benzene rings is 1. The van der Waals surface area contributed by atoms with Crippen molar-refractivity contribution in [2.45, 2.75) is 32.2 Å². The number of anilines is 2. The van der Waals surface area contributed by atoms with E-state index in [-0.39, 0.29) is 5.91 Å². The molecule has 0 spiro atoms. The zero-order valence-corrected chi connectivity index (χ0v) is 10.1. The van der Waals surface area contributed by atoms with E-state index in [0.29, 0.717) is 6.42 Å². The lowest BCUT2D eigenvalue weighted by Crippen LogP contribution is -2.45. The maximum Gasteiger partial charge on any atom is 0.243 e. The highest BCUT2D eigenvalue weighted by atomic mass is 16.2. The predicted octanol–water partition coefficient (Wildman–Crippen LogP) is 1.29. The molecular formula is C13H19N3O. The average molecular weight is 233 g/mol. The summed E-state index contributed by atoms with van der Waals surface area (Å²) < 4.78 is 0. The minimum absolute atomic E-state index is 0.000880. The Kier molecular flexibility index (Phi) is 3.33. The third kappa shape index (κ3) is 2.13. The largest absolute Gasteiger partial charge is 0.398 e. The fourth-order valence-electron chi connectivity index (χ4n) is 2.26. The maximum absolute atomic E-state index is 12.2. The lowest BCUT2D eigenvalue weighted by molar-refractivity contribution is -0.120. The third-order valence-corrected chi connectivity index (χ3v) is 3.31. The molecule has 4 heteroatoms. The van der Waals surface area contributed by atoms with E-state index in [1.165, 1.54) is 0 Å². The summed E-state index contributed by atoms with van der Waals surface area (Å²) in [6, 6.07) is 5.30. The van der Waals surface area contributed by atoms with Crippen molar-refractivity contribution in [3.63, 3.8) is 0 Å². The summed E-state index contributed by atoms with van der Waals surface area (Å²) >= 11 is 0. The second-order valence-electron chi connectivity index (χ2n) is 4.45. The highest BCUT2D eigenvalue weighted by Crippen LogP contribution is 2.31. The molecule has 0 radical (unpaired) electrons. The van der Waals surface area contributed by atoms with Gasteiger partial charge in [0.2, 0.25) is 5.91 Å². The molecule has 0 fully saturated rings. The molecule has 1 atom stereocenters. The summed E-state index contributed by atoms with van der Waals surface area (Å²) in [6.45, 7) is 2.66. The monoisotopic (exact) mass is 233 g/mol. The second-order valence-corrected chi connectivity index (χ2v) is 4.45. The van der Waals surface area contributed by atoms with Gasteiger partial charge in [0.15, 0.2) is 0 Å². The number of rotatable bonds is 2. The van der Waals surface area contributed by atoms with Crippen molar-refractivity contribution in [1.82, 2.24) is 0 Å². The molecular weight excluding hydrogens is 214 g/mol. The standard InChI is InChI=1S/C13H19N3O/c1-2-10(14)13(17)16-8-4-5-9-11(15)6-3-7-12(9)16/h3,6-7,10H,2,4-5,8,14-15H2,1H3/t10-/m0/s1. The number of amides is 1. The molecule has 92 valence electrons. The molecule has 4 N–H and O–H groups in total. The van der Waals surface area contributed by atoms with Gasteiger partial charge in [0.05, 0.1) is 6.04 Å². The number of nitrogen functional groups attached to an aromatic ring is 1. The van der Waals surface area contributed by atoms with Crippen molar-refractivity contribution in [3.8, 4) is 0 Å². The fraction of sp³-hybridized carbons (Fsp3) is 0.462. The van der Waals surface area contributed by atoms with Crippen LogP contribution in [0.5, 0.6) is 0 Å². The smallest absolute Gasteiger partial charge is 0.243 e. The molecule has 17 heavy (non-hydrogen) atoms. The Morgan fingerprint density at radius 1 is 1.53 bits per heavy atom. The van der Waals surface area contributed by atoms with E-state index in [1.54, 1.807) is 4.90 Å². The van der Waals surface area contributed by atoms with Crippen LogP contribution in [0, 0.1) is 0 Å². The molecule has 1 aromatic rings. The fourth-order valence-corrected chi connectivity index (χ4v) is 2.26. The van der Waals surface area contributed by atoms with E-state index in [2.05, 4.69) is 0 Å². The van der Waals surface area contributed by atoms with Crippen LogP contribution in [0.25, 0.3) is 0 Å². The van der Waals surface area contributed by atoms with Gasteiger partial charge in [0.25, 0.3) is 0 Å². The number of fused-ring (bicyclic) bond motifs is 1. The molecule has 4 nitrogen and oxygen atoms in total. The SMILES string of the molecule is CC[C@H](N)C(=O)N1CCCc2c(N)cccc21. The Bertz CT molecular complexity index is 431. The van der Waals surface area contributed by atoms with Gasteiger partial charge in [-0.2, -0.15) is 0 Å². The van der Waals surface area contributed by atoms with E-state index in [0.717, 1.165) is 36.3 Å². The summed E-state index contributed by atoms with van der Waals surface area (Å²) in [6.07, 6.45) is 2.55. The highest BCUT2D eigenvalue weighted by molar-refractivity contribution is 5.98. The zero-order valence-electron chi connectivity index (χ0n) is 10.1. The van der Waals surface area contributed by atoms with Crippen LogP contribution in [-0.2, 0) is 11.2 Å². The minimum Gasteiger partial charge on any atom is -0.398 e. The topological polar surface area (TPSA) is 72.4 Å². The van der Waals surface area contributed by atoms with Gasteiger partial charge in [-0.15, -0.1) is 0 Å². The van der Waals surface area contributed by atoms with Gasteiger partial charge in [-0.1, -0.05) is 13.0 Å². The molecule has 0 aromatic heterocycles. The number of carbonyl (C=O) groups is 1. The van der Waals surface area contributed by atoms with Crippen LogP contribution in [0.1, 0.15) is 25.3 Å². The van der Waals surface area contributed by atoms with Crippen LogP contribution in [-0.4, -0.2) is 18.5 Å². The molecule has 1 amide bonds. The first kappa shape index (κ1) is 11.9. The molecule has 2 rings (SSSR count). The van der Waals surface area contributed by atoms with Crippen LogP contribution in [0.2, 0.25) is 0 Å². The van der Waals surface area contributed by atoms with E-state index >= 15 is 0 Å². The van der Waals surface area contributed by atoms with E-state index < -0.39 is 6.04 Å². The third-order valence-electron chi connectivity index (χ3n) is 3.31. The molecule has 1 aliphatic heterocycles. The van der Waals surface area contributed by atoms with Crippen molar-refractivity contribution >= 4 is 17.3 Å². The van der Waals surface area contributed by atoms with Crippen molar-refractivity contribution in [1.29, 1.82) is 0 Å². The van der Waals surface area contributed by atoms with Gasteiger partial charge >= 0.3 is 0 Å². The summed E-state index contributed by atoms with van der Waals surface area (Å²) in [5.41, 5.74) is 14.5. The number of nitrogens with two attached hydrogens (primary N) is 2. The van der Waals surface area contributed by atoms with Gasteiger partial charge in [-0.3, -0.25) is 4.79 Å². The maximum atomic E-state index is 12.2. The van der Waals surface area contributed by atoms with Gasteiger partial charge < -0.3 is 16.4 Å². The van der Waals surface area contributed by atoms with Gasteiger partial charge in [0.1, 0.15) is 0 Å². The Labute approximate surface area is 102 Å². The summed E-state index contributed by atoms with van der Waals surface area (Å²) in [4.78, 5) is 13.9. The number of hydrogen-bond donors (Lipinski definition) is 2. The van der Waals surface area contributed by atoms with E-state index in [4.69, 9.17) is 11.5 Å². The number of hydrogen-bond acceptors (Lipinski definition) is 3. The Balaban J connectivity index is 2.35. The van der Waals surface area contributed by atoms with Gasteiger partial charge in [-0.25, -0.2) is 0 Å². The molecule has 0 saturated carbocycles. The minimum atomic E-state index is -0.414. The molecule has 1 heterocycles. The molecule has 0 unspecified atom stereocenters. The highest BCUT2D eigenvalue weighted by Gasteiger charge is 2.26. The Morgan fingerprint density at radius 3 is 3.00 bits per heavy atom. The molecule has 0 saturated heterocycles. The van der Waals surface area contributed by atoms with E-state index in [9.17, 15) is 4.79 Å². The van der Waals surface area contributed by atoms with Crippen molar-refractivity contribution < 1.29 is 4.79 Å². The Morgan fingerprint density at radius 2 is 2.29 bits per heavy atom. The summed E-state index contributed by atoms with van der Waals surface area (Å²) in [5, 5.41) is 0. The second kappa shape index (κ2) is 4.75. The molecule has 1 aliphatic rings.